The van der Waals surface area contributed by atoms with Crippen LogP contribution in [-0.4, -0.2) is 9.13 Å². The van der Waals surface area contributed by atoms with Gasteiger partial charge < -0.3 is 9.13 Å². The molecular weight excluding hydrogens is 789 g/mol. The molecule has 0 spiro atoms. The predicted octanol–water partition coefficient (Wildman–Crippen LogP) is 15.8. The van der Waals surface area contributed by atoms with E-state index in [9.17, 15) is 10.5 Å². The van der Waals surface area contributed by atoms with E-state index in [4.69, 9.17) is 0 Å². The van der Waals surface area contributed by atoms with E-state index >= 15 is 0 Å². The first-order chi connectivity index (χ1) is 31.7. The van der Waals surface area contributed by atoms with Gasteiger partial charge in [-0.15, -0.1) is 0 Å². The van der Waals surface area contributed by atoms with Gasteiger partial charge in [-0.2, -0.15) is 10.5 Å². The Kier molecular flexibility index (Phi) is 9.35. The van der Waals surface area contributed by atoms with Crippen molar-refractivity contribution in [2.24, 2.45) is 0 Å². The molecule has 0 radical (unpaired) electrons. The fraction of sp³-hybridized carbons (Fsp3) is 0.0820. The number of aromatic nitrogens is 2. The van der Waals surface area contributed by atoms with Crippen LogP contribution in [0.15, 0.2) is 176 Å². The van der Waals surface area contributed by atoms with Crippen LogP contribution in [0, 0.1) is 57.3 Å². The smallest absolute Gasteiger partial charge is 0.0991 e. The maximum atomic E-state index is 10.6. The van der Waals surface area contributed by atoms with Crippen molar-refractivity contribution in [2.75, 3.05) is 0 Å². The van der Waals surface area contributed by atoms with E-state index in [0.717, 1.165) is 72.0 Å². The molecule has 0 fully saturated rings. The number of para-hydroxylation sites is 2. The van der Waals surface area contributed by atoms with Gasteiger partial charge in [0.2, 0.25) is 0 Å². The number of nitrogens with zero attached hydrogens (tertiary/aromatic N) is 4. The van der Waals surface area contributed by atoms with E-state index in [1.54, 1.807) is 0 Å². The first-order valence-electron chi connectivity index (χ1n) is 22.1. The fourth-order valence-electron chi connectivity index (χ4n) is 10.3. The van der Waals surface area contributed by atoms with Gasteiger partial charge in [-0.05, 0) is 164 Å². The third kappa shape index (κ3) is 6.50. The lowest BCUT2D eigenvalue weighted by Crippen LogP contribution is -2.03. The zero-order chi connectivity index (χ0) is 44.5. The van der Waals surface area contributed by atoms with E-state index in [-0.39, 0.29) is 0 Å². The normalized spacial score (nSPS) is 11.4. The highest BCUT2D eigenvalue weighted by Gasteiger charge is 2.23. The number of rotatable bonds is 6. The van der Waals surface area contributed by atoms with Crippen LogP contribution in [0.2, 0.25) is 0 Å². The first kappa shape index (κ1) is 39.4. The molecule has 4 nitrogen and oxygen atoms in total. The Hall–Kier alpha value is -8.44. The largest absolute Gasteiger partial charge is 0.309 e. The Morgan fingerprint density at radius 3 is 1.23 bits per heavy atom. The number of fused-ring (bicyclic) bond motifs is 6. The second-order valence-electron chi connectivity index (χ2n) is 17.5. The van der Waals surface area contributed by atoms with Crippen molar-refractivity contribution in [1.82, 2.24) is 9.13 Å². The van der Waals surface area contributed by atoms with E-state index in [1.165, 1.54) is 55.3 Å². The quantitative estimate of drug-likeness (QED) is 0.168. The number of aryl methyl sites for hydroxylation is 5. The summed E-state index contributed by atoms with van der Waals surface area (Å²) in [7, 11) is 0. The van der Waals surface area contributed by atoms with Gasteiger partial charge in [0.15, 0.2) is 0 Å². The maximum Gasteiger partial charge on any atom is 0.0991 e. The Balaban J connectivity index is 1.21. The fourth-order valence-corrected chi connectivity index (χ4v) is 10.3. The van der Waals surface area contributed by atoms with Crippen molar-refractivity contribution in [3.63, 3.8) is 0 Å². The van der Waals surface area contributed by atoms with Crippen molar-refractivity contribution in [3.05, 3.63) is 215 Å². The van der Waals surface area contributed by atoms with Gasteiger partial charge in [0.25, 0.3) is 0 Å². The Morgan fingerprint density at radius 1 is 0.323 bits per heavy atom. The Labute approximate surface area is 379 Å². The van der Waals surface area contributed by atoms with Crippen molar-refractivity contribution < 1.29 is 0 Å². The number of nitriles is 2. The molecule has 0 amide bonds. The zero-order valence-electron chi connectivity index (χ0n) is 37.0. The molecule has 308 valence electrons. The average molecular weight is 833 g/mol. The molecule has 0 atom stereocenters. The molecule has 0 aliphatic rings. The molecule has 0 N–H and O–H groups in total. The van der Waals surface area contributed by atoms with Crippen LogP contribution in [0.5, 0.6) is 0 Å². The minimum absolute atomic E-state index is 0.577. The summed E-state index contributed by atoms with van der Waals surface area (Å²) in [5.41, 5.74) is 22.4. The summed E-state index contributed by atoms with van der Waals surface area (Å²) >= 11 is 0. The summed E-state index contributed by atoms with van der Waals surface area (Å²) in [4.78, 5) is 0. The monoisotopic (exact) mass is 832 g/mol. The summed E-state index contributed by atoms with van der Waals surface area (Å²) in [5.74, 6) is 0. The lowest BCUT2D eigenvalue weighted by Gasteiger charge is -2.20. The molecular formula is C61H44N4. The molecule has 65 heavy (non-hydrogen) atoms. The standard InChI is InChI=1S/C61H44N4/c1-37-14-21-47(39(3)28-37)44-18-25-59-53(32-44)50-10-6-8-12-56(50)64(59)58-24-17-43(36-63)31-52(58)55-34-46(49-23-16-42(35-62)30-41(49)5)20-27-61(55)65-57-13-9-7-11-51(57)54-33-45(19-26-60(54)65)48-22-15-38(2)29-40(48)4/h6-34H,1-5H3. The summed E-state index contributed by atoms with van der Waals surface area (Å²) in [6, 6.07) is 67.8. The van der Waals surface area contributed by atoms with E-state index < -0.39 is 0 Å². The SMILES string of the molecule is Cc1ccc(-c2ccc3c(c2)c2ccccc2n3-c2ccc(C#N)cc2-c2cc(-c3ccc(C#N)cc3C)ccc2-n2c3ccccc3c3cc(-c4ccc(C)cc4C)ccc32)c(C)c1. The third-order valence-corrected chi connectivity index (χ3v) is 13.3. The van der Waals surface area contributed by atoms with Gasteiger partial charge in [0.1, 0.15) is 0 Å². The molecule has 2 heterocycles. The number of benzene rings is 9. The minimum Gasteiger partial charge on any atom is -0.309 e. The molecule has 11 rings (SSSR count). The van der Waals surface area contributed by atoms with E-state index in [1.807, 2.05) is 18.2 Å². The molecule has 0 bridgehead atoms. The van der Waals surface area contributed by atoms with Crippen molar-refractivity contribution in [3.8, 4) is 68.0 Å². The highest BCUT2D eigenvalue weighted by Crippen LogP contribution is 2.44. The summed E-state index contributed by atoms with van der Waals surface area (Å²) in [5, 5.41) is 25.0. The van der Waals surface area contributed by atoms with Gasteiger partial charge in [-0.25, -0.2) is 0 Å². The van der Waals surface area contributed by atoms with Crippen LogP contribution in [-0.2, 0) is 0 Å². The van der Waals surface area contributed by atoms with Gasteiger partial charge in [0.05, 0.1) is 56.7 Å². The van der Waals surface area contributed by atoms with Crippen molar-refractivity contribution in [2.45, 2.75) is 34.6 Å². The zero-order valence-corrected chi connectivity index (χ0v) is 37.0. The van der Waals surface area contributed by atoms with Crippen LogP contribution < -0.4 is 0 Å². The summed E-state index contributed by atoms with van der Waals surface area (Å²) < 4.78 is 4.77. The third-order valence-electron chi connectivity index (χ3n) is 13.3. The molecule has 0 unspecified atom stereocenters. The van der Waals surface area contributed by atoms with Crippen molar-refractivity contribution in [1.29, 1.82) is 10.5 Å². The maximum absolute atomic E-state index is 10.6. The molecule has 0 aliphatic heterocycles. The second kappa shape index (κ2) is 15.4. The number of hydrogen-bond acceptors (Lipinski definition) is 2. The molecule has 0 aliphatic carbocycles. The van der Waals surface area contributed by atoms with Crippen LogP contribution in [0.25, 0.3) is 99.5 Å². The topological polar surface area (TPSA) is 57.4 Å². The summed E-state index contributed by atoms with van der Waals surface area (Å²) in [6.07, 6.45) is 0. The highest BCUT2D eigenvalue weighted by atomic mass is 15.0. The molecule has 11 aromatic rings. The molecule has 0 saturated heterocycles. The second-order valence-corrected chi connectivity index (χ2v) is 17.5. The van der Waals surface area contributed by atoms with Crippen LogP contribution in [0.1, 0.15) is 38.9 Å². The Morgan fingerprint density at radius 2 is 0.723 bits per heavy atom. The average Bonchev–Trinajstić information content (AvgIpc) is 3.83. The van der Waals surface area contributed by atoms with Crippen LogP contribution in [0.3, 0.4) is 0 Å². The van der Waals surface area contributed by atoms with Crippen LogP contribution in [0.4, 0.5) is 0 Å². The van der Waals surface area contributed by atoms with Gasteiger partial charge in [-0.1, -0.05) is 108 Å². The lowest BCUT2D eigenvalue weighted by molar-refractivity contribution is 1.16. The molecule has 2 aromatic heterocycles. The van der Waals surface area contributed by atoms with Crippen LogP contribution >= 0.6 is 0 Å². The molecule has 9 aromatic carbocycles. The van der Waals surface area contributed by atoms with E-state index in [2.05, 4.69) is 214 Å². The van der Waals surface area contributed by atoms with Crippen molar-refractivity contribution >= 4 is 43.6 Å². The van der Waals surface area contributed by atoms with Gasteiger partial charge >= 0.3 is 0 Å². The summed E-state index contributed by atoms with van der Waals surface area (Å²) in [6.45, 7) is 10.7. The first-order valence-corrected chi connectivity index (χ1v) is 22.1. The molecule has 4 heteroatoms. The van der Waals surface area contributed by atoms with E-state index in [0.29, 0.717) is 11.1 Å². The minimum atomic E-state index is 0.577. The van der Waals surface area contributed by atoms with Gasteiger partial charge in [0, 0.05) is 32.7 Å². The molecule has 0 saturated carbocycles. The Bertz CT molecular complexity index is 3860. The van der Waals surface area contributed by atoms with Gasteiger partial charge in [-0.3, -0.25) is 0 Å². The number of hydrogen-bond donors (Lipinski definition) is 0. The lowest BCUT2D eigenvalue weighted by atomic mass is 9.92. The highest BCUT2D eigenvalue weighted by molar-refractivity contribution is 6.13. The predicted molar refractivity (Wildman–Crippen MR) is 270 cm³/mol.